The molecule has 2 fully saturated rings. The molecule has 2 aliphatic carbocycles. The number of nitrogens with one attached hydrogen (secondary N) is 1. The van der Waals surface area contributed by atoms with Crippen LogP contribution >= 0.6 is 0 Å². The Bertz CT molecular complexity index is 464. The Balaban J connectivity index is 1.71. The molecule has 0 spiro atoms. The van der Waals surface area contributed by atoms with Gasteiger partial charge in [0.25, 0.3) is 0 Å². The van der Waals surface area contributed by atoms with Crippen LogP contribution in [0.1, 0.15) is 37.8 Å². The fourth-order valence-electron chi connectivity index (χ4n) is 2.66. The van der Waals surface area contributed by atoms with Gasteiger partial charge in [-0.2, -0.15) is 0 Å². The maximum atomic E-state index is 12.1. The Morgan fingerprint density at radius 1 is 1.32 bits per heavy atom. The van der Waals surface area contributed by atoms with Crippen LogP contribution in [0.5, 0.6) is 5.75 Å². The van der Waals surface area contributed by atoms with Crippen LogP contribution in [0.15, 0.2) is 24.3 Å². The van der Waals surface area contributed by atoms with Crippen LogP contribution in [-0.2, 0) is 4.79 Å². The molecule has 3 rings (SSSR count). The number of rotatable bonds is 5. The molecule has 2 saturated carbocycles. The number of methoxy groups -OCH3 is 1. The Labute approximate surface area is 114 Å². The van der Waals surface area contributed by atoms with Crippen LogP contribution < -0.4 is 10.1 Å². The first-order valence-corrected chi connectivity index (χ1v) is 7.13. The summed E-state index contributed by atoms with van der Waals surface area (Å²) in [5.41, 5.74) is 1.20. The maximum absolute atomic E-state index is 12.1. The quantitative estimate of drug-likeness (QED) is 0.883. The topological polar surface area (TPSA) is 38.3 Å². The summed E-state index contributed by atoms with van der Waals surface area (Å²) in [6, 6.07) is 8.26. The number of carbonyl (C=O) groups is 1. The zero-order valence-corrected chi connectivity index (χ0v) is 11.6. The largest absolute Gasteiger partial charge is 0.497 e. The molecule has 3 heteroatoms. The maximum Gasteiger partial charge on any atom is 0.223 e. The molecule has 2 aliphatic rings. The van der Waals surface area contributed by atoms with Crippen molar-refractivity contribution in [3.05, 3.63) is 29.8 Å². The summed E-state index contributed by atoms with van der Waals surface area (Å²) in [5.74, 6) is 2.53. The fourth-order valence-corrected chi connectivity index (χ4v) is 2.66. The van der Waals surface area contributed by atoms with Gasteiger partial charge < -0.3 is 10.1 Å². The van der Waals surface area contributed by atoms with Crippen molar-refractivity contribution in [3.63, 3.8) is 0 Å². The molecule has 1 amide bonds. The van der Waals surface area contributed by atoms with Crippen molar-refractivity contribution in [1.29, 1.82) is 0 Å². The summed E-state index contributed by atoms with van der Waals surface area (Å²) in [4.78, 5) is 12.1. The number of hydrogen-bond acceptors (Lipinski definition) is 2. The van der Waals surface area contributed by atoms with Gasteiger partial charge >= 0.3 is 0 Å². The van der Waals surface area contributed by atoms with Crippen molar-refractivity contribution in [3.8, 4) is 5.75 Å². The van der Waals surface area contributed by atoms with E-state index >= 15 is 0 Å². The predicted octanol–water partition coefficient (Wildman–Crippen LogP) is 2.92. The molecular formula is C16H21NO2. The highest BCUT2D eigenvalue weighted by atomic mass is 16.5. The molecule has 0 aromatic heterocycles. The van der Waals surface area contributed by atoms with Gasteiger partial charge in [0.2, 0.25) is 5.91 Å². The normalized spacial score (nSPS) is 26.6. The molecule has 0 heterocycles. The van der Waals surface area contributed by atoms with Gasteiger partial charge in [-0.25, -0.2) is 0 Å². The van der Waals surface area contributed by atoms with Crippen LogP contribution in [-0.4, -0.2) is 13.0 Å². The van der Waals surface area contributed by atoms with Crippen molar-refractivity contribution in [2.45, 2.75) is 32.2 Å². The minimum Gasteiger partial charge on any atom is -0.497 e. The van der Waals surface area contributed by atoms with Crippen molar-refractivity contribution < 1.29 is 9.53 Å². The summed E-state index contributed by atoms with van der Waals surface area (Å²) in [6.45, 7) is 2.14. The van der Waals surface area contributed by atoms with Gasteiger partial charge in [-0.15, -0.1) is 0 Å². The molecule has 0 saturated heterocycles. The number of ether oxygens (including phenoxy) is 1. The van der Waals surface area contributed by atoms with E-state index in [4.69, 9.17) is 4.74 Å². The minimum atomic E-state index is 0.186. The number of carbonyl (C=O) groups excluding carboxylic acids is 1. The highest BCUT2D eigenvalue weighted by Gasteiger charge is 2.42. The molecule has 0 bridgehead atoms. The SMILES string of the molecule is COc1ccc(C(NC(=O)C2CC2C)C2CC2)cc1. The molecule has 19 heavy (non-hydrogen) atoms. The lowest BCUT2D eigenvalue weighted by atomic mass is 10.0. The summed E-state index contributed by atoms with van der Waals surface area (Å²) < 4.78 is 5.18. The summed E-state index contributed by atoms with van der Waals surface area (Å²) in [7, 11) is 1.67. The second-order valence-electron chi connectivity index (χ2n) is 5.92. The second-order valence-corrected chi connectivity index (χ2v) is 5.92. The fraction of sp³-hybridized carbons (Fsp3) is 0.562. The molecular weight excluding hydrogens is 238 g/mol. The number of amides is 1. The first-order valence-electron chi connectivity index (χ1n) is 7.13. The average Bonchev–Trinajstić information content (AvgIpc) is 3.32. The van der Waals surface area contributed by atoms with Crippen molar-refractivity contribution >= 4 is 5.91 Å². The van der Waals surface area contributed by atoms with E-state index in [0.29, 0.717) is 11.8 Å². The monoisotopic (exact) mass is 259 g/mol. The molecule has 1 N–H and O–H groups in total. The third-order valence-electron chi connectivity index (χ3n) is 4.31. The molecule has 0 aliphatic heterocycles. The standard InChI is InChI=1S/C16H21NO2/c1-10-9-14(10)16(18)17-15(11-3-4-11)12-5-7-13(19-2)8-6-12/h5-8,10-11,14-15H,3-4,9H2,1-2H3,(H,17,18). The van der Waals surface area contributed by atoms with Gasteiger partial charge in [0, 0.05) is 5.92 Å². The summed E-state index contributed by atoms with van der Waals surface area (Å²) in [6.07, 6.45) is 3.49. The summed E-state index contributed by atoms with van der Waals surface area (Å²) in [5, 5.41) is 3.25. The Morgan fingerprint density at radius 3 is 2.42 bits per heavy atom. The summed E-state index contributed by atoms with van der Waals surface area (Å²) >= 11 is 0. The third-order valence-corrected chi connectivity index (χ3v) is 4.31. The van der Waals surface area contributed by atoms with Gasteiger partial charge in [0.1, 0.15) is 5.75 Å². The first-order chi connectivity index (χ1) is 9.19. The second kappa shape index (κ2) is 4.87. The zero-order valence-electron chi connectivity index (χ0n) is 11.6. The van der Waals surface area contributed by atoms with E-state index in [-0.39, 0.29) is 17.9 Å². The van der Waals surface area contributed by atoms with E-state index in [9.17, 15) is 4.79 Å². The van der Waals surface area contributed by atoms with E-state index in [2.05, 4.69) is 24.4 Å². The van der Waals surface area contributed by atoms with Crippen molar-refractivity contribution in [2.24, 2.45) is 17.8 Å². The lowest BCUT2D eigenvalue weighted by molar-refractivity contribution is -0.123. The van der Waals surface area contributed by atoms with Crippen molar-refractivity contribution in [1.82, 2.24) is 5.32 Å². The van der Waals surface area contributed by atoms with Gasteiger partial charge in [-0.3, -0.25) is 4.79 Å². The lowest BCUT2D eigenvalue weighted by Crippen LogP contribution is -2.31. The van der Waals surface area contributed by atoms with Crippen molar-refractivity contribution in [2.75, 3.05) is 7.11 Å². The molecule has 3 nitrogen and oxygen atoms in total. The van der Waals surface area contributed by atoms with Gasteiger partial charge in [0.15, 0.2) is 0 Å². The Morgan fingerprint density at radius 2 is 1.95 bits per heavy atom. The smallest absolute Gasteiger partial charge is 0.223 e. The molecule has 3 unspecified atom stereocenters. The van der Waals surface area contributed by atoms with E-state index in [0.717, 1.165) is 12.2 Å². The first kappa shape index (κ1) is 12.5. The minimum absolute atomic E-state index is 0.186. The zero-order chi connectivity index (χ0) is 13.4. The third kappa shape index (κ3) is 2.75. The van der Waals surface area contributed by atoms with Crippen LogP contribution in [0.3, 0.4) is 0 Å². The number of hydrogen-bond donors (Lipinski definition) is 1. The Kier molecular flexibility index (Phi) is 3.21. The molecule has 1 aromatic rings. The molecule has 3 atom stereocenters. The molecule has 102 valence electrons. The number of benzene rings is 1. The van der Waals surface area contributed by atoms with Crippen LogP contribution in [0, 0.1) is 17.8 Å². The van der Waals surface area contributed by atoms with E-state index < -0.39 is 0 Å². The van der Waals surface area contributed by atoms with Crippen LogP contribution in [0.4, 0.5) is 0 Å². The van der Waals surface area contributed by atoms with Gasteiger partial charge in [0.05, 0.1) is 13.2 Å². The van der Waals surface area contributed by atoms with Crippen LogP contribution in [0.25, 0.3) is 0 Å². The molecule has 0 radical (unpaired) electrons. The predicted molar refractivity (Wildman–Crippen MR) is 73.9 cm³/mol. The highest BCUT2D eigenvalue weighted by molar-refractivity contribution is 5.81. The lowest BCUT2D eigenvalue weighted by Gasteiger charge is -2.19. The average molecular weight is 259 g/mol. The van der Waals surface area contributed by atoms with E-state index in [1.54, 1.807) is 7.11 Å². The van der Waals surface area contributed by atoms with Gasteiger partial charge in [-0.05, 0) is 48.8 Å². The highest BCUT2D eigenvalue weighted by Crippen LogP contribution is 2.43. The Hall–Kier alpha value is -1.51. The molecule has 1 aromatic carbocycles. The van der Waals surface area contributed by atoms with E-state index in [1.165, 1.54) is 18.4 Å². The van der Waals surface area contributed by atoms with Gasteiger partial charge in [-0.1, -0.05) is 19.1 Å². The van der Waals surface area contributed by atoms with E-state index in [1.807, 2.05) is 12.1 Å². The van der Waals surface area contributed by atoms with Crippen LogP contribution in [0.2, 0.25) is 0 Å².